The van der Waals surface area contributed by atoms with Crippen LogP contribution in [0.4, 0.5) is 0 Å². The van der Waals surface area contributed by atoms with Gasteiger partial charge in [0, 0.05) is 12.5 Å². The number of hydrogen-bond acceptors (Lipinski definition) is 3. The standard InChI is InChI=1S/C11H18N4O/c1-7(2)11(16)14-5-8(3)15-9(4)12-13-10(15)6-14/h7-8H,5-6H2,1-4H3. The van der Waals surface area contributed by atoms with E-state index in [-0.39, 0.29) is 17.9 Å². The first kappa shape index (κ1) is 11.1. The van der Waals surface area contributed by atoms with Crippen molar-refractivity contribution in [1.82, 2.24) is 19.7 Å². The van der Waals surface area contributed by atoms with E-state index in [2.05, 4.69) is 21.7 Å². The fourth-order valence-corrected chi connectivity index (χ4v) is 2.26. The largest absolute Gasteiger partial charge is 0.333 e. The van der Waals surface area contributed by atoms with Gasteiger partial charge in [0.05, 0.1) is 12.6 Å². The Kier molecular flexibility index (Phi) is 2.69. The van der Waals surface area contributed by atoms with Crippen LogP contribution in [-0.4, -0.2) is 32.1 Å². The van der Waals surface area contributed by atoms with Gasteiger partial charge in [-0.1, -0.05) is 13.8 Å². The summed E-state index contributed by atoms with van der Waals surface area (Å²) in [5, 5.41) is 8.18. The van der Waals surface area contributed by atoms with Crippen LogP contribution in [0.1, 0.15) is 38.5 Å². The molecule has 0 fully saturated rings. The molecule has 0 saturated carbocycles. The van der Waals surface area contributed by atoms with Gasteiger partial charge in [0.1, 0.15) is 5.82 Å². The van der Waals surface area contributed by atoms with E-state index >= 15 is 0 Å². The Morgan fingerprint density at radius 1 is 1.44 bits per heavy atom. The minimum absolute atomic E-state index is 0.0442. The van der Waals surface area contributed by atoms with Crippen molar-refractivity contribution in [3.63, 3.8) is 0 Å². The van der Waals surface area contributed by atoms with Gasteiger partial charge in [0.2, 0.25) is 5.91 Å². The highest BCUT2D eigenvalue weighted by atomic mass is 16.2. The van der Waals surface area contributed by atoms with Crippen molar-refractivity contribution in [1.29, 1.82) is 0 Å². The molecule has 0 bridgehead atoms. The first-order valence-electron chi connectivity index (χ1n) is 5.70. The number of fused-ring (bicyclic) bond motifs is 1. The van der Waals surface area contributed by atoms with Gasteiger partial charge in [-0.15, -0.1) is 10.2 Å². The van der Waals surface area contributed by atoms with E-state index in [0.29, 0.717) is 6.54 Å². The van der Waals surface area contributed by atoms with E-state index in [4.69, 9.17) is 0 Å². The number of aryl methyl sites for hydroxylation is 1. The quantitative estimate of drug-likeness (QED) is 0.716. The monoisotopic (exact) mass is 222 g/mol. The normalized spacial score (nSPS) is 20.1. The van der Waals surface area contributed by atoms with Crippen LogP contribution >= 0.6 is 0 Å². The molecule has 88 valence electrons. The Labute approximate surface area is 95.5 Å². The van der Waals surface area contributed by atoms with Crippen LogP contribution < -0.4 is 0 Å². The van der Waals surface area contributed by atoms with Crippen molar-refractivity contribution in [2.24, 2.45) is 5.92 Å². The maximum atomic E-state index is 11.9. The molecule has 0 aromatic carbocycles. The molecule has 1 aliphatic rings. The zero-order valence-corrected chi connectivity index (χ0v) is 10.3. The molecule has 16 heavy (non-hydrogen) atoms. The lowest BCUT2D eigenvalue weighted by atomic mass is 10.1. The molecule has 0 radical (unpaired) electrons. The zero-order chi connectivity index (χ0) is 11.9. The predicted molar refractivity (Wildman–Crippen MR) is 59.7 cm³/mol. The summed E-state index contributed by atoms with van der Waals surface area (Å²) in [5.41, 5.74) is 0. The summed E-state index contributed by atoms with van der Waals surface area (Å²) in [5.74, 6) is 2.06. The summed E-state index contributed by atoms with van der Waals surface area (Å²) in [4.78, 5) is 13.8. The Morgan fingerprint density at radius 2 is 2.12 bits per heavy atom. The smallest absolute Gasteiger partial charge is 0.225 e. The van der Waals surface area contributed by atoms with Crippen LogP contribution in [0.3, 0.4) is 0 Å². The second-order valence-corrected chi connectivity index (χ2v) is 4.76. The maximum Gasteiger partial charge on any atom is 0.225 e. The molecule has 1 amide bonds. The van der Waals surface area contributed by atoms with Gasteiger partial charge < -0.3 is 9.47 Å². The fraction of sp³-hybridized carbons (Fsp3) is 0.727. The first-order valence-corrected chi connectivity index (χ1v) is 5.70. The molecule has 5 nitrogen and oxygen atoms in total. The van der Waals surface area contributed by atoms with Crippen molar-refractivity contribution in [3.8, 4) is 0 Å². The third-order valence-corrected chi connectivity index (χ3v) is 3.00. The molecule has 1 unspecified atom stereocenters. The number of aromatic nitrogens is 3. The Balaban J connectivity index is 2.25. The summed E-state index contributed by atoms with van der Waals surface area (Å²) in [7, 11) is 0. The average molecular weight is 222 g/mol. The van der Waals surface area contributed by atoms with Crippen LogP contribution in [0.5, 0.6) is 0 Å². The predicted octanol–water partition coefficient (Wildman–Crippen LogP) is 1.15. The van der Waals surface area contributed by atoms with Gasteiger partial charge >= 0.3 is 0 Å². The van der Waals surface area contributed by atoms with Crippen molar-refractivity contribution in [2.45, 2.75) is 40.3 Å². The van der Waals surface area contributed by atoms with Gasteiger partial charge in [-0.25, -0.2) is 0 Å². The summed E-state index contributed by atoms with van der Waals surface area (Å²) in [6.45, 7) is 9.24. The maximum absolute atomic E-state index is 11.9. The Morgan fingerprint density at radius 3 is 2.75 bits per heavy atom. The molecule has 0 spiro atoms. The van der Waals surface area contributed by atoms with E-state index in [9.17, 15) is 4.79 Å². The number of hydrogen-bond donors (Lipinski definition) is 0. The lowest BCUT2D eigenvalue weighted by Gasteiger charge is -2.33. The van der Waals surface area contributed by atoms with E-state index in [1.165, 1.54) is 0 Å². The van der Waals surface area contributed by atoms with Crippen LogP contribution in [0.25, 0.3) is 0 Å². The number of rotatable bonds is 1. The second-order valence-electron chi connectivity index (χ2n) is 4.76. The van der Waals surface area contributed by atoms with Crippen LogP contribution in [-0.2, 0) is 11.3 Å². The molecule has 1 aromatic heterocycles. The average Bonchev–Trinajstić information content (AvgIpc) is 2.59. The molecule has 2 heterocycles. The van der Waals surface area contributed by atoms with Gasteiger partial charge in [-0.05, 0) is 13.8 Å². The third kappa shape index (κ3) is 1.70. The summed E-state index contributed by atoms with van der Waals surface area (Å²) in [6.07, 6.45) is 0. The highest BCUT2D eigenvalue weighted by Crippen LogP contribution is 2.22. The molecule has 1 aliphatic heterocycles. The van der Waals surface area contributed by atoms with Crippen molar-refractivity contribution < 1.29 is 4.79 Å². The third-order valence-electron chi connectivity index (χ3n) is 3.00. The Bertz CT molecular complexity index is 410. The summed E-state index contributed by atoms with van der Waals surface area (Å²) in [6, 6.07) is 0.265. The zero-order valence-electron chi connectivity index (χ0n) is 10.3. The van der Waals surface area contributed by atoms with Gasteiger partial charge in [0.15, 0.2) is 5.82 Å². The van der Waals surface area contributed by atoms with Crippen molar-refractivity contribution in [2.75, 3.05) is 6.54 Å². The molecule has 2 rings (SSSR count). The highest BCUT2D eigenvalue weighted by molar-refractivity contribution is 5.78. The summed E-state index contributed by atoms with van der Waals surface area (Å²) < 4.78 is 2.12. The molecular formula is C11H18N4O. The SMILES string of the molecule is Cc1nnc2n1C(C)CN(C(=O)C(C)C)C2. The van der Waals surface area contributed by atoms with Gasteiger partial charge in [-0.2, -0.15) is 0 Å². The lowest BCUT2D eigenvalue weighted by molar-refractivity contribution is -0.136. The first-order chi connectivity index (χ1) is 7.50. The number of carbonyl (C=O) groups excluding carboxylic acids is 1. The number of amides is 1. The molecule has 1 aromatic rings. The van der Waals surface area contributed by atoms with Crippen LogP contribution in [0, 0.1) is 12.8 Å². The minimum Gasteiger partial charge on any atom is -0.333 e. The minimum atomic E-state index is 0.0442. The highest BCUT2D eigenvalue weighted by Gasteiger charge is 2.28. The molecule has 0 N–H and O–H groups in total. The number of nitrogens with zero attached hydrogens (tertiary/aromatic N) is 4. The molecule has 1 atom stereocenters. The van der Waals surface area contributed by atoms with Crippen LogP contribution in [0.15, 0.2) is 0 Å². The fourth-order valence-electron chi connectivity index (χ4n) is 2.26. The molecule has 0 aliphatic carbocycles. The Hall–Kier alpha value is -1.39. The van der Waals surface area contributed by atoms with E-state index in [1.807, 2.05) is 25.7 Å². The van der Waals surface area contributed by atoms with Crippen molar-refractivity contribution in [3.05, 3.63) is 11.6 Å². The van der Waals surface area contributed by atoms with Crippen LogP contribution in [0.2, 0.25) is 0 Å². The topological polar surface area (TPSA) is 51.0 Å². The molecular weight excluding hydrogens is 204 g/mol. The lowest BCUT2D eigenvalue weighted by Crippen LogP contribution is -2.42. The van der Waals surface area contributed by atoms with E-state index in [0.717, 1.165) is 18.2 Å². The second kappa shape index (κ2) is 3.88. The molecule has 0 saturated heterocycles. The van der Waals surface area contributed by atoms with E-state index in [1.54, 1.807) is 0 Å². The van der Waals surface area contributed by atoms with Gasteiger partial charge in [-0.3, -0.25) is 4.79 Å². The summed E-state index contributed by atoms with van der Waals surface area (Å²) >= 11 is 0. The molecule has 5 heteroatoms. The van der Waals surface area contributed by atoms with Gasteiger partial charge in [0.25, 0.3) is 0 Å². The van der Waals surface area contributed by atoms with Crippen molar-refractivity contribution >= 4 is 5.91 Å². The van der Waals surface area contributed by atoms with E-state index < -0.39 is 0 Å². The number of carbonyl (C=O) groups is 1.